The summed E-state index contributed by atoms with van der Waals surface area (Å²) in [4.78, 5) is 10.00. The van der Waals surface area contributed by atoms with Gasteiger partial charge in [0.05, 0.1) is 22.9 Å². The highest BCUT2D eigenvalue weighted by molar-refractivity contribution is 6.01. The van der Waals surface area contributed by atoms with Gasteiger partial charge in [-0.2, -0.15) is 5.10 Å². The second-order valence-electron chi connectivity index (χ2n) is 9.08. The molecule has 5 nitrogen and oxygen atoms in total. The number of pyridine rings is 1. The molecule has 0 saturated carbocycles. The lowest BCUT2D eigenvalue weighted by atomic mass is 9.99. The number of aromatic nitrogens is 4. The number of rotatable bonds is 7. The summed E-state index contributed by atoms with van der Waals surface area (Å²) in [5.41, 5.74) is 8.82. The number of benzene rings is 2. The lowest BCUT2D eigenvalue weighted by Crippen LogP contribution is -2.14. The van der Waals surface area contributed by atoms with E-state index in [1.165, 1.54) is 12.1 Å². The molecule has 0 amide bonds. The quantitative estimate of drug-likeness (QED) is 0.248. The molecule has 2 aromatic carbocycles. The third-order valence-corrected chi connectivity index (χ3v) is 6.27. The van der Waals surface area contributed by atoms with Crippen molar-refractivity contribution in [1.29, 1.82) is 0 Å². The van der Waals surface area contributed by atoms with Crippen LogP contribution in [0.15, 0.2) is 91.3 Å². The smallest absolute Gasteiger partial charge is 0.123 e. The van der Waals surface area contributed by atoms with Crippen molar-refractivity contribution >= 4 is 27.4 Å². The number of nitrogens with one attached hydrogen (secondary N) is 2. The van der Waals surface area contributed by atoms with Crippen molar-refractivity contribution in [3.63, 3.8) is 0 Å². The van der Waals surface area contributed by atoms with Crippen molar-refractivity contribution in [3.8, 4) is 22.5 Å². The number of hydrogen-bond donors (Lipinski definition) is 2. The van der Waals surface area contributed by atoms with E-state index in [0.29, 0.717) is 0 Å². The summed E-state index contributed by atoms with van der Waals surface area (Å²) in [7, 11) is 4.10. The number of nitrogens with zero attached hydrogens (tertiary/aromatic N) is 3. The first kappa shape index (κ1) is 23.5. The number of halogens is 1. The molecule has 2 N–H and O–H groups in total. The van der Waals surface area contributed by atoms with E-state index >= 15 is 0 Å². The largest absolute Gasteiger partial charge is 0.352 e. The highest BCUT2D eigenvalue weighted by Crippen LogP contribution is 2.34. The van der Waals surface area contributed by atoms with Crippen LogP contribution in [-0.4, -0.2) is 45.7 Å². The van der Waals surface area contributed by atoms with Gasteiger partial charge in [-0.1, -0.05) is 43.0 Å². The molecule has 5 aromatic rings. The number of fused-ring (bicyclic) bond motifs is 2. The molecule has 36 heavy (non-hydrogen) atoms. The Balaban J connectivity index is 1.58. The van der Waals surface area contributed by atoms with Gasteiger partial charge < -0.3 is 9.88 Å². The summed E-state index contributed by atoms with van der Waals surface area (Å²) in [6.07, 6.45) is 9.81. The van der Waals surface area contributed by atoms with Crippen molar-refractivity contribution in [1.82, 2.24) is 25.1 Å². The zero-order chi connectivity index (χ0) is 25.2. The van der Waals surface area contributed by atoms with E-state index in [1.54, 1.807) is 18.3 Å². The fraction of sp³-hybridized carbons (Fsp3) is 0.133. The Labute approximate surface area is 209 Å². The van der Waals surface area contributed by atoms with E-state index in [1.807, 2.05) is 33.3 Å². The molecular formula is C30H28FN5. The summed E-state index contributed by atoms with van der Waals surface area (Å²) < 4.78 is 13.5. The first-order chi connectivity index (χ1) is 17.5. The molecule has 0 atom stereocenters. The van der Waals surface area contributed by atoms with Gasteiger partial charge in [0.15, 0.2) is 0 Å². The molecule has 0 unspecified atom stereocenters. The normalized spacial score (nSPS) is 12.7. The molecular weight excluding hydrogens is 449 g/mol. The Morgan fingerprint density at radius 2 is 1.83 bits per heavy atom. The lowest BCUT2D eigenvalue weighted by molar-refractivity contribution is 0.449. The molecule has 0 aliphatic carbocycles. The highest BCUT2D eigenvalue weighted by Gasteiger charge is 2.15. The minimum Gasteiger partial charge on any atom is -0.352 e. The highest BCUT2D eigenvalue weighted by atomic mass is 19.1. The minimum atomic E-state index is -0.260. The Bertz CT molecular complexity index is 1620. The van der Waals surface area contributed by atoms with Crippen LogP contribution in [0.5, 0.6) is 0 Å². The van der Waals surface area contributed by atoms with Crippen LogP contribution >= 0.6 is 0 Å². The third kappa shape index (κ3) is 4.51. The van der Waals surface area contributed by atoms with Gasteiger partial charge in [0.25, 0.3) is 0 Å². The molecule has 6 heteroatoms. The van der Waals surface area contributed by atoms with Gasteiger partial charge >= 0.3 is 0 Å². The lowest BCUT2D eigenvalue weighted by Gasteiger charge is -2.11. The summed E-state index contributed by atoms with van der Waals surface area (Å²) in [6.45, 7) is 6.84. The number of hydrogen-bond acceptors (Lipinski definition) is 3. The van der Waals surface area contributed by atoms with E-state index in [4.69, 9.17) is 0 Å². The van der Waals surface area contributed by atoms with Crippen LogP contribution < -0.4 is 0 Å². The molecule has 0 fully saturated rings. The first-order valence-corrected chi connectivity index (χ1v) is 11.8. The van der Waals surface area contributed by atoms with Crippen LogP contribution in [0.1, 0.15) is 12.5 Å². The van der Waals surface area contributed by atoms with Crippen molar-refractivity contribution in [2.75, 3.05) is 20.6 Å². The molecule has 3 aromatic heterocycles. The zero-order valence-electron chi connectivity index (χ0n) is 20.6. The van der Waals surface area contributed by atoms with Gasteiger partial charge in [-0.3, -0.25) is 10.1 Å². The second kappa shape index (κ2) is 9.76. The predicted molar refractivity (Wildman–Crippen MR) is 147 cm³/mol. The molecule has 0 spiro atoms. The Hall–Kier alpha value is -4.29. The van der Waals surface area contributed by atoms with Crippen LogP contribution in [0, 0.1) is 5.82 Å². The Morgan fingerprint density at radius 3 is 2.56 bits per heavy atom. The number of aromatic amines is 2. The molecule has 0 bridgehead atoms. The van der Waals surface area contributed by atoms with Crippen molar-refractivity contribution in [2.24, 2.45) is 0 Å². The topological polar surface area (TPSA) is 60.6 Å². The number of allylic oxidation sites excluding steroid dienone is 3. The van der Waals surface area contributed by atoms with Crippen molar-refractivity contribution < 1.29 is 4.39 Å². The number of H-pyrrole nitrogens is 2. The van der Waals surface area contributed by atoms with E-state index in [-0.39, 0.29) is 5.82 Å². The Kier molecular flexibility index (Phi) is 6.36. The van der Waals surface area contributed by atoms with Crippen molar-refractivity contribution in [3.05, 3.63) is 103 Å². The molecule has 0 aliphatic heterocycles. The van der Waals surface area contributed by atoms with E-state index < -0.39 is 0 Å². The maximum absolute atomic E-state index is 13.5. The molecule has 5 rings (SSSR count). The van der Waals surface area contributed by atoms with Gasteiger partial charge in [0.1, 0.15) is 11.5 Å². The van der Waals surface area contributed by atoms with E-state index in [2.05, 4.69) is 68.1 Å². The molecule has 180 valence electrons. The van der Waals surface area contributed by atoms with Crippen LogP contribution in [0.2, 0.25) is 0 Å². The van der Waals surface area contributed by atoms with Gasteiger partial charge in [-0.05, 0) is 73.6 Å². The monoisotopic (exact) mass is 477 g/mol. The average molecular weight is 478 g/mol. The molecule has 0 aliphatic rings. The van der Waals surface area contributed by atoms with Gasteiger partial charge in [0.2, 0.25) is 0 Å². The van der Waals surface area contributed by atoms with Gasteiger partial charge in [-0.15, -0.1) is 0 Å². The van der Waals surface area contributed by atoms with Crippen LogP contribution in [-0.2, 0) is 0 Å². The maximum atomic E-state index is 13.5. The molecule has 0 saturated heterocycles. The maximum Gasteiger partial charge on any atom is 0.123 e. The first-order valence-electron chi connectivity index (χ1n) is 11.8. The van der Waals surface area contributed by atoms with Gasteiger partial charge in [0, 0.05) is 29.1 Å². The fourth-order valence-electron chi connectivity index (χ4n) is 4.50. The average Bonchev–Trinajstić information content (AvgIpc) is 3.50. The SMILES string of the molecule is C=C/C(=C\C(=C/C)c1ccc2[nH]nc(-c3cc4c(-c5ccc(F)cc5)cncc4[nH]3)c2c1)CN(C)C. The standard InChI is InChI=1S/C30H28FN5/c1-5-19(18-36(3)4)13-20(6-2)22-9-12-27-25(14-22)30(35-34-27)28-15-24-26(16-32-17-29(24)33-28)21-7-10-23(31)11-8-21/h5-17,33H,1,18H2,2-4H3,(H,34,35)/b19-13+,20-6+. The van der Waals surface area contributed by atoms with Crippen LogP contribution in [0.3, 0.4) is 0 Å². The Morgan fingerprint density at radius 1 is 1.03 bits per heavy atom. The zero-order valence-corrected chi connectivity index (χ0v) is 20.6. The second-order valence-corrected chi connectivity index (χ2v) is 9.08. The number of likely N-dealkylation sites (N-methyl/N-ethyl adjacent to an activating group) is 1. The fourth-order valence-corrected chi connectivity index (χ4v) is 4.50. The molecule has 0 radical (unpaired) electrons. The third-order valence-electron chi connectivity index (χ3n) is 6.27. The van der Waals surface area contributed by atoms with E-state index in [9.17, 15) is 4.39 Å². The van der Waals surface area contributed by atoms with Crippen LogP contribution in [0.4, 0.5) is 4.39 Å². The summed E-state index contributed by atoms with van der Waals surface area (Å²) in [5, 5.41) is 9.83. The molecule has 3 heterocycles. The summed E-state index contributed by atoms with van der Waals surface area (Å²) in [6, 6.07) is 14.9. The van der Waals surface area contributed by atoms with Gasteiger partial charge in [-0.25, -0.2) is 4.39 Å². The summed E-state index contributed by atoms with van der Waals surface area (Å²) >= 11 is 0. The predicted octanol–water partition coefficient (Wildman–Crippen LogP) is 6.99. The van der Waals surface area contributed by atoms with Crippen LogP contribution in [0.25, 0.3) is 49.9 Å². The summed E-state index contributed by atoms with van der Waals surface area (Å²) in [5.74, 6) is -0.260. The minimum absolute atomic E-state index is 0.260. The van der Waals surface area contributed by atoms with E-state index in [0.717, 1.165) is 67.6 Å². The van der Waals surface area contributed by atoms with Crippen molar-refractivity contribution in [2.45, 2.75) is 6.92 Å².